The van der Waals surface area contributed by atoms with Gasteiger partial charge in [0.2, 0.25) is 0 Å². The number of hydrogen-bond donors (Lipinski definition) is 1. The normalized spacial score (nSPS) is 15.6. The summed E-state index contributed by atoms with van der Waals surface area (Å²) in [6.07, 6.45) is 1.36. The number of hydrogen-bond acceptors (Lipinski definition) is 3. The Balaban J connectivity index is 1.68. The molecule has 1 aliphatic rings. The van der Waals surface area contributed by atoms with E-state index in [1.165, 1.54) is 16.3 Å². The van der Waals surface area contributed by atoms with Gasteiger partial charge in [-0.3, -0.25) is 0 Å². The van der Waals surface area contributed by atoms with E-state index in [2.05, 4.69) is 49.4 Å². The molecule has 0 saturated heterocycles. The van der Waals surface area contributed by atoms with E-state index in [0.717, 1.165) is 29.9 Å². The summed E-state index contributed by atoms with van der Waals surface area (Å²) in [6.45, 7) is 3.28. The van der Waals surface area contributed by atoms with Crippen LogP contribution >= 0.6 is 0 Å². The number of aliphatic hydroxyl groups is 1. The fourth-order valence-electron chi connectivity index (χ4n) is 3.73. The van der Waals surface area contributed by atoms with E-state index < -0.39 is 6.10 Å². The minimum absolute atomic E-state index is 0.0483. The van der Waals surface area contributed by atoms with Gasteiger partial charge in [0.15, 0.2) is 11.5 Å². The van der Waals surface area contributed by atoms with E-state index >= 15 is 0 Å². The van der Waals surface area contributed by atoms with Crippen LogP contribution in [-0.2, 0) is 0 Å². The molecule has 0 bridgehead atoms. The van der Waals surface area contributed by atoms with Gasteiger partial charge in [-0.1, -0.05) is 61.9 Å². The number of rotatable bonds is 5. The summed E-state index contributed by atoms with van der Waals surface area (Å²) in [4.78, 5) is 0. The van der Waals surface area contributed by atoms with Crippen molar-refractivity contribution in [1.29, 1.82) is 0 Å². The second-order valence-corrected chi connectivity index (χ2v) is 6.85. The fraction of sp³-hybridized carbons (Fsp3) is 0.304. The largest absolute Gasteiger partial charge is 0.486 e. The molecule has 0 amide bonds. The van der Waals surface area contributed by atoms with Crippen LogP contribution in [0.5, 0.6) is 11.5 Å². The molecule has 0 unspecified atom stereocenters. The molecule has 4 rings (SSSR count). The highest BCUT2D eigenvalue weighted by molar-refractivity contribution is 5.83. The molecule has 0 spiro atoms. The number of benzene rings is 3. The Bertz CT molecular complexity index is 903. The van der Waals surface area contributed by atoms with E-state index in [0.29, 0.717) is 13.2 Å². The first-order valence-electron chi connectivity index (χ1n) is 9.32. The lowest BCUT2D eigenvalue weighted by Crippen LogP contribution is -2.16. The molecule has 3 aromatic rings. The molecular weight excluding hydrogens is 324 g/mol. The molecule has 134 valence electrons. The van der Waals surface area contributed by atoms with Crippen molar-refractivity contribution in [3.63, 3.8) is 0 Å². The van der Waals surface area contributed by atoms with Crippen molar-refractivity contribution in [2.45, 2.75) is 31.8 Å². The van der Waals surface area contributed by atoms with Crippen LogP contribution in [0.4, 0.5) is 0 Å². The van der Waals surface area contributed by atoms with Crippen molar-refractivity contribution in [2.24, 2.45) is 0 Å². The lowest BCUT2D eigenvalue weighted by Gasteiger charge is -2.25. The molecule has 1 N–H and O–H groups in total. The first-order valence-corrected chi connectivity index (χ1v) is 9.32. The van der Waals surface area contributed by atoms with Gasteiger partial charge >= 0.3 is 0 Å². The van der Waals surface area contributed by atoms with Crippen LogP contribution in [0.25, 0.3) is 10.8 Å². The van der Waals surface area contributed by atoms with Gasteiger partial charge in [-0.2, -0.15) is 0 Å². The molecule has 3 nitrogen and oxygen atoms in total. The Labute approximate surface area is 154 Å². The van der Waals surface area contributed by atoms with Gasteiger partial charge in [0.05, 0.1) is 6.10 Å². The predicted molar refractivity (Wildman–Crippen MR) is 104 cm³/mol. The SMILES string of the molecule is CCC[C@H](c1ccc2ccccc2c1)[C@H](O)c1ccc2c(c1)OCCO2. The van der Waals surface area contributed by atoms with Crippen molar-refractivity contribution in [1.82, 2.24) is 0 Å². The molecule has 1 heterocycles. The van der Waals surface area contributed by atoms with Crippen LogP contribution in [0.3, 0.4) is 0 Å². The van der Waals surface area contributed by atoms with Gasteiger partial charge in [-0.15, -0.1) is 0 Å². The van der Waals surface area contributed by atoms with Gasteiger partial charge in [-0.05, 0) is 40.5 Å². The molecule has 0 saturated carbocycles. The van der Waals surface area contributed by atoms with Crippen molar-refractivity contribution < 1.29 is 14.6 Å². The Morgan fingerprint density at radius 2 is 1.58 bits per heavy atom. The third-order valence-corrected chi connectivity index (χ3v) is 5.09. The maximum absolute atomic E-state index is 11.1. The summed E-state index contributed by atoms with van der Waals surface area (Å²) in [5.74, 6) is 1.53. The standard InChI is InChI=1S/C23H24O3/c1-2-5-20(18-9-8-16-6-3-4-7-17(16)14-18)23(24)19-10-11-21-22(15-19)26-13-12-25-21/h3-4,6-11,14-15,20,23-24H,2,5,12-13H2,1H3/t20-,23-/m1/s1. The molecule has 0 aliphatic carbocycles. The smallest absolute Gasteiger partial charge is 0.161 e. The van der Waals surface area contributed by atoms with E-state index in [1.807, 2.05) is 18.2 Å². The van der Waals surface area contributed by atoms with Crippen molar-refractivity contribution in [2.75, 3.05) is 13.2 Å². The summed E-state index contributed by atoms with van der Waals surface area (Å²) in [7, 11) is 0. The molecule has 2 atom stereocenters. The molecule has 26 heavy (non-hydrogen) atoms. The molecule has 3 heteroatoms. The van der Waals surface area contributed by atoms with Crippen LogP contribution in [0, 0.1) is 0 Å². The summed E-state index contributed by atoms with van der Waals surface area (Å²) < 4.78 is 11.3. The van der Waals surface area contributed by atoms with E-state index in [-0.39, 0.29) is 5.92 Å². The maximum atomic E-state index is 11.1. The first-order chi connectivity index (χ1) is 12.8. The topological polar surface area (TPSA) is 38.7 Å². The Hall–Kier alpha value is -2.52. The molecule has 0 fully saturated rings. The van der Waals surface area contributed by atoms with Gasteiger partial charge in [0.1, 0.15) is 13.2 Å². The van der Waals surface area contributed by atoms with Crippen molar-refractivity contribution in [3.8, 4) is 11.5 Å². The van der Waals surface area contributed by atoms with E-state index in [9.17, 15) is 5.11 Å². The minimum Gasteiger partial charge on any atom is -0.486 e. The Morgan fingerprint density at radius 1 is 0.846 bits per heavy atom. The lowest BCUT2D eigenvalue weighted by molar-refractivity contribution is 0.137. The second kappa shape index (κ2) is 7.38. The quantitative estimate of drug-likeness (QED) is 0.686. The van der Waals surface area contributed by atoms with E-state index in [4.69, 9.17) is 9.47 Å². The van der Waals surface area contributed by atoms with Gasteiger partial charge < -0.3 is 14.6 Å². The van der Waals surface area contributed by atoms with Gasteiger partial charge in [-0.25, -0.2) is 0 Å². The summed E-state index contributed by atoms with van der Waals surface area (Å²) >= 11 is 0. The summed E-state index contributed by atoms with van der Waals surface area (Å²) in [5.41, 5.74) is 2.05. The van der Waals surface area contributed by atoms with Crippen LogP contribution in [0.2, 0.25) is 0 Å². The highest BCUT2D eigenvalue weighted by atomic mass is 16.6. The van der Waals surface area contributed by atoms with Crippen LogP contribution < -0.4 is 9.47 Å². The predicted octanol–water partition coefficient (Wildman–Crippen LogP) is 5.23. The molecular formula is C23H24O3. The fourth-order valence-corrected chi connectivity index (χ4v) is 3.73. The third-order valence-electron chi connectivity index (χ3n) is 5.09. The van der Waals surface area contributed by atoms with Gasteiger partial charge in [0, 0.05) is 5.92 Å². The second-order valence-electron chi connectivity index (χ2n) is 6.85. The molecule has 3 aromatic carbocycles. The minimum atomic E-state index is -0.577. The number of fused-ring (bicyclic) bond motifs is 2. The Kier molecular flexibility index (Phi) is 4.81. The highest BCUT2D eigenvalue weighted by Crippen LogP contribution is 2.39. The molecule has 0 aromatic heterocycles. The van der Waals surface area contributed by atoms with E-state index in [1.54, 1.807) is 0 Å². The summed E-state index contributed by atoms with van der Waals surface area (Å²) in [6, 6.07) is 20.6. The zero-order valence-electron chi connectivity index (χ0n) is 15.0. The summed E-state index contributed by atoms with van der Waals surface area (Å²) in [5, 5.41) is 13.6. The average Bonchev–Trinajstić information content (AvgIpc) is 2.71. The number of ether oxygens (including phenoxy) is 2. The number of aliphatic hydroxyl groups excluding tert-OH is 1. The van der Waals surface area contributed by atoms with Gasteiger partial charge in [0.25, 0.3) is 0 Å². The van der Waals surface area contributed by atoms with Crippen LogP contribution in [0.1, 0.15) is 42.9 Å². The zero-order chi connectivity index (χ0) is 17.9. The first kappa shape index (κ1) is 16.9. The highest BCUT2D eigenvalue weighted by Gasteiger charge is 2.24. The molecule has 1 aliphatic heterocycles. The molecule has 0 radical (unpaired) electrons. The third kappa shape index (κ3) is 3.27. The van der Waals surface area contributed by atoms with Crippen molar-refractivity contribution in [3.05, 3.63) is 71.8 Å². The van der Waals surface area contributed by atoms with Crippen LogP contribution in [-0.4, -0.2) is 18.3 Å². The lowest BCUT2D eigenvalue weighted by atomic mass is 9.85. The maximum Gasteiger partial charge on any atom is 0.161 e. The average molecular weight is 348 g/mol. The monoisotopic (exact) mass is 348 g/mol. The van der Waals surface area contributed by atoms with Crippen molar-refractivity contribution >= 4 is 10.8 Å². The Morgan fingerprint density at radius 3 is 2.38 bits per heavy atom. The zero-order valence-corrected chi connectivity index (χ0v) is 15.0. The van der Waals surface area contributed by atoms with Crippen LogP contribution in [0.15, 0.2) is 60.7 Å².